The minimum atomic E-state index is -0.368. The first-order chi connectivity index (χ1) is 13.0. The third-order valence-corrected chi connectivity index (χ3v) is 4.25. The Morgan fingerprint density at radius 3 is 2.85 bits per heavy atom. The number of hydrogen-bond donors (Lipinski definition) is 2. The van der Waals surface area contributed by atoms with Gasteiger partial charge >= 0.3 is 0 Å². The molecule has 2 heterocycles. The van der Waals surface area contributed by atoms with E-state index in [9.17, 15) is 4.79 Å². The molecule has 2 N–H and O–H groups in total. The number of rotatable bonds is 4. The fourth-order valence-corrected chi connectivity index (χ4v) is 2.65. The number of nitrogens with one attached hydrogen (secondary N) is 2. The number of aromatic nitrogens is 1. The van der Waals surface area contributed by atoms with Gasteiger partial charge in [0.1, 0.15) is 11.5 Å². The Morgan fingerprint density at radius 2 is 2.11 bits per heavy atom. The maximum Gasteiger partial charge on any atom is 0.250 e. The van der Waals surface area contributed by atoms with Crippen molar-refractivity contribution in [3.63, 3.8) is 0 Å². The molecule has 1 amide bonds. The Hall–Kier alpha value is -2.96. The van der Waals surface area contributed by atoms with Crippen LogP contribution >= 0.6 is 23.8 Å². The second-order valence-electron chi connectivity index (χ2n) is 5.68. The minimum Gasteiger partial charge on any atom is -0.457 e. The topological polar surface area (TPSA) is 67.2 Å². The van der Waals surface area contributed by atoms with Crippen molar-refractivity contribution < 1.29 is 9.21 Å². The van der Waals surface area contributed by atoms with Gasteiger partial charge in [-0.3, -0.25) is 15.1 Å². The van der Waals surface area contributed by atoms with Crippen molar-refractivity contribution in [1.82, 2.24) is 10.3 Å². The maximum absolute atomic E-state index is 12.0. The van der Waals surface area contributed by atoms with E-state index in [0.717, 1.165) is 11.1 Å². The third kappa shape index (κ3) is 5.26. The molecule has 0 saturated carbocycles. The summed E-state index contributed by atoms with van der Waals surface area (Å²) in [6, 6.07) is 12.9. The molecular formula is C20H16ClN3O2S. The van der Waals surface area contributed by atoms with Gasteiger partial charge in [-0.25, -0.2) is 0 Å². The monoisotopic (exact) mass is 397 g/mol. The van der Waals surface area contributed by atoms with Crippen molar-refractivity contribution >= 4 is 46.6 Å². The van der Waals surface area contributed by atoms with Crippen LogP contribution in [0.15, 0.2) is 65.4 Å². The average Bonchev–Trinajstić information content (AvgIpc) is 3.12. The van der Waals surface area contributed by atoms with Crippen molar-refractivity contribution in [2.45, 2.75) is 6.92 Å². The summed E-state index contributed by atoms with van der Waals surface area (Å²) in [6.45, 7) is 1.94. The number of nitrogens with zero attached hydrogens (tertiary/aromatic N) is 1. The molecule has 27 heavy (non-hydrogen) atoms. The van der Waals surface area contributed by atoms with Gasteiger partial charge in [-0.15, -0.1) is 0 Å². The number of carbonyl (C=O) groups excluding carboxylic acids is 1. The lowest BCUT2D eigenvalue weighted by Crippen LogP contribution is -2.32. The van der Waals surface area contributed by atoms with Gasteiger partial charge in [0.2, 0.25) is 5.91 Å². The number of aryl methyl sites for hydroxylation is 1. The molecule has 3 rings (SSSR count). The number of amides is 1. The minimum absolute atomic E-state index is 0.187. The van der Waals surface area contributed by atoms with Crippen molar-refractivity contribution in [2.24, 2.45) is 0 Å². The summed E-state index contributed by atoms with van der Waals surface area (Å²) in [6.07, 6.45) is 6.18. The van der Waals surface area contributed by atoms with Crippen LogP contribution < -0.4 is 10.6 Å². The summed E-state index contributed by atoms with van der Waals surface area (Å²) in [5.74, 6) is 0.849. The van der Waals surface area contributed by atoms with Crippen molar-refractivity contribution in [3.05, 3.63) is 77.3 Å². The molecule has 0 saturated heterocycles. The predicted molar refractivity (Wildman–Crippen MR) is 112 cm³/mol. The van der Waals surface area contributed by atoms with E-state index in [1.165, 1.54) is 6.08 Å². The molecule has 5 nitrogen and oxygen atoms in total. The molecule has 0 aliphatic heterocycles. The van der Waals surface area contributed by atoms with Gasteiger partial charge in [-0.1, -0.05) is 23.7 Å². The molecule has 136 valence electrons. The van der Waals surface area contributed by atoms with Crippen LogP contribution in [0.25, 0.3) is 17.4 Å². The summed E-state index contributed by atoms with van der Waals surface area (Å²) < 4.78 is 5.73. The second kappa shape index (κ2) is 8.62. The molecule has 0 atom stereocenters. The van der Waals surface area contributed by atoms with Crippen LogP contribution in [0.1, 0.15) is 11.3 Å². The van der Waals surface area contributed by atoms with Crippen LogP contribution in [-0.4, -0.2) is 16.0 Å². The number of halogens is 1. The highest BCUT2D eigenvalue weighted by Gasteiger charge is 2.06. The molecule has 0 spiro atoms. The molecule has 0 aliphatic rings. The Balaban J connectivity index is 1.59. The lowest BCUT2D eigenvalue weighted by molar-refractivity contribution is -0.115. The van der Waals surface area contributed by atoms with E-state index in [4.69, 9.17) is 28.2 Å². The van der Waals surface area contributed by atoms with Crippen molar-refractivity contribution in [1.29, 1.82) is 0 Å². The third-order valence-electron chi connectivity index (χ3n) is 3.64. The first-order valence-corrected chi connectivity index (χ1v) is 8.86. The van der Waals surface area contributed by atoms with Crippen LogP contribution in [0.2, 0.25) is 5.02 Å². The number of benzene rings is 1. The van der Waals surface area contributed by atoms with Gasteiger partial charge in [-0.05, 0) is 61.1 Å². The quantitative estimate of drug-likeness (QED) is 0.487. The second-order valence-corrected chi connectivity index (χ2v) is 6.50. The van der Waals surface area contributed by atoms with E-state index < -0.39 is 0 Å². The van der Waals surface area contributed by atoms with E-state index in [0.29, 0.717) is 22.2 Å². The number of pyridine rings is 1. The predicted octanol–water partition coefficient (Wildman–Crippen LogP) is 4.83. The normalized spacial score (nSPS) is 10.7. The molecule has 1 aromatic carbocycles. The molecule has 3 aromatic rings. The smallest absolute Gasteiger partial charge is 0.250 e. The van der Waals surface area contributed by atoms with Gasteiger partial charge in [0.25, 0.3) is 0 Å². The number of hydrogen-bond acceptors (Lipinski definition) is 4. The van der Waals surface area contributed by atoms with Crippen molar-refractivity contribution in [2.75, 3.05) is 5.32 Å². The van der Waals surface area contributed by atoms with Crippen LogP contribution in [0.5, 0.6) is 0 Å². The molecule has 0 aliphatic carbocycles. The maximum atomic E-state index is 12.0. The number of carbonyl (C=O) groups is 1. The molecule has 0 radical (unpaired) electrons. The number of furan rings is 1. The SMILES string of the molecule is Cc1ccc(-c2ccc(/C=C/C(=O)NC(=S)Nc3cccnc3)o2)cc1Cl. The Morgan fingerprint density at radius 1 is 1.26 bits per heavy atom. The van der Waals surface area contributed by atoms with E-state index in [1.54, 1.807) is 36.7 Å². The molecule has 0 fully saturated rings. The molecule has 0 unspecified atom stereocenters. The highest BCUT2D eigenvalue weighted by molar-refractivity contribution is 7.80. The summed E-state index contributed by atoms with van der Waals surface area (Å²) in [5, 5.41) is 6.30. The van der Waals surface area contributed by atoms with E-state index in [2.05, 4.69) is 15.6 Å². The van der Waals surface area contributed by atoms with E-state index >= 15 is 0 Å². The Bertz CT molecular complexity index is 999. The van der Waals surface area contributed by atoms with Gasteiger partial charge in [-0.2, -0.15) is 0 Å². The fraction of sp³-hybridized carbons (Fsp3) is 0.0500. The zero-order valence-corrected chi connectivity index (χ0v) is 16.0. The highest BCUT2D eigenvalue weighted by atomic mass is 35.5. The van der Waals surface area contributed by atoms with Gasteiger partial charge < -0.3 is 9.73 Å². The van der Waals surface area contributed by atoms with Crippen LogP contribution in [0.3, 0.4) is 0 Å². The standard InChI is InChI=1S/C20H16ClN3O2S/c1-13-4-5-14(11-17(13)21)18-8-6-16(26-18)7-9-19(25)24-20(27)23-15-3-2-10-22-12-15/h2-12H,1H3,(H2,23,24,25,27)/b9-7+. The largest absolute Gasteiger partial charge is 0.457 e. The molecule has 7 heteroatoms. The number of anilines is 1. The zero-order chi connectivity index (χ0) is 19.2. The van der Waals surface area contributed by atoms with Gasteiger partial charge in [0.15, 0.2) is 5.11 Å². The first kappa shape index (κ1) is 18.8. The van der Waals surface area contributed by atoms with Gasteiger partial charge in [0, 0.05) is 22.9 Å². The summed E-state index contributed by atoms with van der Waals surface area (Å²) in [4.78, 5) is 15.9. The molecule has 0 bridgehead atoms. The average molecular weight is 398 g/mol. The van der Waals surface area contributed by atoms with Crippen LogP contribution in [0.4, 0.5) is 5.69 Å². The van der Waals surface area contributed by atoms with Crippen LogP contribution in [-0.2, 0) is 4.79 Å². The first-order valence-electron chi connectivity index (χ1n) is 8.08. The fourth-order valence-electron chi connectivity index (χ4n) is 2.25. The Labute approximate surface area is 167 Å². The molecular weight excluding hydrogens is 382 g/mol. The Kier molecular flexibility index (Phi) is 6.01. The summed E-state index contributed by atoms with van der Waals surface area (Å²) in [5.41, 5.74) is 2.57. The van der Waals surface area contributed by atoms with Crippen molar-refractivity contribution in [3.8, 4) is 11.3 Å². The lowest BCUT2D eigenvalue weighted by Gasteiger charge is -2.06. The summed E-state index contributed by atoms with van der Waals surface area (Å²) in [7, 11) is 0. The van der Waals surface area contributed by atoms with Gasteiger partial charge in [0.05, 0.1) is 11.9 Å². The zero-order valence-electron chi connectivity index (χ0n) is 14.4. The summed E-state index contributed by atoms with van der Waals surface area (Å²) >= 11 is 11.2. The van der Waals surface area contributed by atoms with Crippen LogP contribution in [0, 0.1) is 6.92 Å². The lowest BCUT2D eigenvalue weighted by atomic mass is 10.1. The van der Waals surface area contributed by atoms with E-state index in [1.807, 2.05) is 31.2 Å². The molecule has 2 aromatic heterocycles. The number of thiocarbonyl (C=S) groups is 1. The highest BCUT2D eigenvalue weighted by Crippen LogP contribution is 2.27. The van der Waals surface area contributed by atoms with E-state index in [-0.39, 0.29) is 11.0 Å².